The van der Waals surface area contributed by atoms with Crippen LogP contribution in [0.4, 0.5) is 0 Å². The highest BCUT2D eigenvalue weighted by molar-refractivity contribution is 9.10. The molecule has 1 aromatic carbocycles. The van der Waals surface area contributed by atoms with Crippen molar-refractivity contribution in [2.45, 2.75) is 26.2 Å². The van der Waals surface area contributed by atoms with E-state index in [4.69, 9.17) is 5.73 Å². The van der Waals surface area contributed by atoms with Crippen molar-refractivity contribution in [1.29, 1.82) is 0 Å². The molecule has 0 heterocycles. The molecular weight excluding hydrogens is 316 g/mol. The number of rotatable bonds is 3. The molecule has 1 unspecified atom stereocenters. The number of carbonyl (C=O) groups is 1. The highest BCUT2D eigenvalue weighted by Gasteiger charge is 2.65. The minimum atomic E-state index is 0.0331. The Morgan fingerprint density at radius 3 is 2.80 bits per heavy atom. The molecule has 4 heteroatoms. The van der Waals surface area contributed by atoms with E-state index in [1.807, 2.05) is 25.1 Å². The second-order valence-electron chi connectivity index (χ2n) is 5.80. The van der Waals surface area contributed by atoms with Crippen LogP contribution in [0.15, 0.2) is 27.8 Å². The maximum atomic E-state index is 12.0. The van der Waals surface area contributed by atoms with Gasteiger partial charge in [-0.15, -0.1) is 0 Å². The molecule has 3 nitrogen and oxygen atoms in total. The van der Waals surface area contributed by atoms with E-state index in [2.05, 4.69) is 20.9 Å². The number of hydrogen-bond acceptors (Lipinski definition) is 2. The van der Waals surface area contributed by atoms with Crippen molar-refractivity contribution in [1.82, 2.24) is 0 Å². The summed E-state index contributed by atoms with van der Waals surface area (Å²) >= 11 is 3.50. The topological polar surface area (TPSA) is 55.5 Å². The number of halogens is 1. The maximum Gasteiger partial charge on any atom is 0.249 e. The van der Waals surface area contributed by atoms with Gasteiger partial charge in [0.15, 0.2) is 0 Å². The third-order valence-electron chi connectivity index (χ3n) is 4.35. The van der Waals surface area contributed by atoms with Crippen molar-refractivity contribution >= 4 is 34.1 Å². The Bertz CT molecular complexity index is 630. The summed E-state index contributed by atoms with van der Waals surface area (Å²) in [5, 5.41) is 0. The fourth-order valence-electron chi connectivity index (χ4n) is 2.71. The standard InChI is InChI=1S/C16H17BrN2O/c1-10-6-12(11(2-5-18)7-14(10)17)9-19-15(20)13-8-16(13)3-4-16/h2,5-7,9,13H,3-4,8,18H2,1H3/b5-2+,19-9?. The second-order valence-corrected chi connectivity index (χ2v) is 6.66. The molecule has 104 valence electrons. The Morgan fingerprint density at radius 1 is 1.45 bits per heavy atom. The molecule has 1 atom stereocenters. The lowest BCUT2D eigenvalue weighted by Gasteiger charge is -2.05. The minimum absolute atomic E-state index is 0.0331. The van der Waals surface area contributed by atoms with Crippen LogP contribution < -0.4 is 5.73 Å². The van der Waals surface area contributed by atoms with Gasteiger partial charge in [0.05, 0.1) is 0 Å². The van der Waals surface area contributed by atoms with E-state index in [1.165, 1.54) is 19.0 Å². The molecule has 1 amide bonds. The highest BCUT2D eigenvalue weighted by Crippen LogP contribution is 2.70. The number of carbonyl (C=O) groups excluding carboxylic acids is 1. The number of aryl methyl sites for hydroxylation is 1. The third kappa shape index (κ3) is 2.44. The maximum absolute atomic E-state index is 12.0. The van der Waals surface area contributed by atoms with E-state index in [0.29, 0.717) is 5.41 Å². The molecule has 2 fully saturated rings. The van der Waals surface area contributed by atoms with Crippen molar-refractivity contribution in [2.24, 2.45) is 22.1 Å². The molecular formula is C16H17BrN2O. The normalized spacial score (nSPS) is 22.8. The SMILES string of the molecule is Cc1cc(C=NC(=O)C2CC23CC3)c(/C=C/N)cc1Br. The van der Waals surface area contributed by atoms with E-state index in [0.717, 1.165) is 27.6 Å². The average Bonchev–Trinajstić information content (AvgIpc) is 3.33. The predicted octanol–water partition coefficient (Wildman–Crippen LogP) is 3.43. The average molecular weight is 333 g/mol. The molecule has 0 saturated heterocycles. The molecule has 1 aromatic rings. The molecule has 20 heavy (non-hydrogen) atoms. The van der Waals surface area contributed by atoms with Crippen LogP contribution in [0.5, 0.6) is 0 Å². The quantitative estimate of drug-likeness (QED) is 0.862. The first-order valence-electron chi connectivity index (χ1n) is 6.82. The number of amides is 1. The van der Waals surface area contributed by atoms with E-state index in [9.17, 15) is 4.79 Å². The monoisotopic (exact) mass is 332 g/mol. The van der Waals surface area contributed by atoms with Gasteiger partial charge < -0.3 is 5.73 Å². The van der Waals surface area contributed by atoms with Gasteiger partial charge in [-0.2, -0.15) is 0 Å². The van der Waals surface area contributed by atoms with Gasteiger partial charge in [0.25, 0.3) is 0 Å². The Hall–Kier alpha value is -1.42. The van der Waals surface area contributed by atoms with Crippen molar-refractivity contribution in [3.63, 3.8) is 0 Å². The Morgan fingerprint density at radius 2 is 2.20 bits per heavy atom. The van der Waals surface area contributed by atoms with Gasteiger partial charge in [-0.05, 0) is 67.1 Å². The molecule has 1 spiro atoms. The van der Waals surface area contributed by atoms with E-state index in [-0.39, 0.29) is 11.8 Å². The van der Waals surface area contributed by atoms with Crippen LogP contribution in [0, 0.1) is 18.3 Å². The third-order valence-corrected chi connectivity index (χ3v) is 5.21. The van der Waals surface area contributed by atoms with Gasteiger partial charge in [0.2, 0.25) is 5.91 Å². The summed E-state index contributed by atoms with van der Waals surface area (Å²) in [4.78, 5) is 16.2. The zero-order valence-electron chi connectivity index (χ0n) is 11.4. The van der Waals surface area contributed by atoms with Crippen LogP contribution in [0.25, 0.3) is 6.08 Å². The second kappa shape index (κ2) is 4.85. The highest BCUT2D eigenvalue weighted by atomic mass is 79.9. The lowest BCUT2D eigenvalue weighted by atomic mass is 10.1. The Labute approximate surface area is 127 Å². The fourth-order valence-corrected chi connectivity index (χ4v) is 3.07. The molecule has 0 bridgehead atoms. The number of nitrogens with two attached hydrogens (primary N) is 1. The number of hydrogen-bond donors (Lipinski definition) is 1. The fraction of sp³-hybridized carbons (Fsp3) is 0.375. The molecule has 2 aliphatic rings. The van der Waals surface area contributed by atoms with Crippen LogP contribution in [-0.2, 0) is 4.79 Å². The molecule has 2 aliphatic carbocycles. The predicted molar refractivity (Wildman–Crippen MR) is 84.5 cm³/mol. The van der Waals surface area contributed by atoms with Crippen LogP contribution in [0.3, 0.4) is 0 Å². The van der Waals surface area contributed by atoms with Crippen molar-refractivity contribution in [2.75, 3.05) is 0 Å². The first-order valence-corrected chi connectivity index (χ1v) is 7.61. The molecule has 0 aliphatic heterocycles. The lowest BCUT2D eigenvalue weighted by Crippen LogP contribution is -2.00. The summed E-state index contributed by atoms with van der Waals surface area (Å²) in [6.45, 7) is 2.01. The van der Waals surface area contributed by atoms with Crippen LogP contribution in [-0.4, -0.2) is 12.1 Å². The van der Waals surface area contributed by atoms with E-state index < -0.39 is 0 Å². The molecule has 0 radical (unpaired) electrons. The first-order chi connectivity index (χ1) is 9.55. The number of aliphatic imine (C=N–C) groups is 1. The van der Waals surface area contributed by atoms with Crippen molar-refractivity contribution in [3.8, 4) is 0 Å². The van der Waals surface area contributed by atoms with Gasteiger partial charge in [-0.25, -0.2) is 4.99 Å². The summed E-state index contributed by atoms with van der Waals surface area (Å²) < 4.78 is 1.02. The summed E-state index contributed by atoms with van der Waals surface area (Å²) in [6.07, 6.45) is 8.43. The smallest absolute Gasteiger partial charge is 0.249 e. The Kier molecular flexibility index (Phi) is 3.28. The summed E-state index contributed by atoms with van der Waals surface area (Å²) in [7, 11) is 0. The molecule has 0 aromatic heterocycles. The number of benzene rings is 1. The molecule has 2 N–H and O–H groups in total. The van der Waals surface area contributed by atoms with Gasteiger partial charge >= 0.3 is 0 Å². The van der Waals surface area contributed by atoms with E-state index >= 15 is 0 Å². The van der Waals surface area contributed by atoms with Gasteiger partial charge in [0, 0.05) is 22.2 Å². The largest absolute Gasteiger partial charge is 0.405 e. The van der Waals surface area contributed by atoms with Crippen LogP contribution >= 0.6 is 15.9 Å². The summed E-state index contributed by atoms with van der Waals surface area (Å²) in [6, 6.07) is 4.00. The first kappa shape index (κ1) is 13.6. The Balaban J connectivity index is 1.82. The van der Waals surface area contributed by atoms with E-state index in [1.54, 1.807) is 6.21 Å². The molecule has 2 saturated carbocycles. The summed E-state index contributed by atoms with van der Waals surface area (Å²) in [5.41, 5.74) is 8.82. The van der Waals surface area contributed by atoms with Crippen molar-refractivity contribution < 1.29 is 4.79 Å². The zero-order chi connectivity index (χ0) is 14.3. The summed E-state index contributed by atoms with van der Waals surface area (Å²) in [5.74, 6) is 0.217. The van der Waals surface area contributed by atoms with Crippen LogP contribution in [0.2, 0.25) is 0 Å². The minimum Gasteiger partial charge on any atom is -0.405 e. The van der Waals surface area contributed by atoms with Crippen molar-refractivity contribution in [3.05, 3.63) is 39.5 Å². The zero-order valence-corrected chi connectivity index (χ0v) is 13.0. The van der Waals surface area contributed by atoms with Crippen LogP contribution in [0.1, 0.15) is 36.0 Å². The van der Waals surface area contributed by atoms with Gasteiger partial charge in [0.1, 0.15) is 0 Å². The van der Waals surface area contributed by atoms with Gasteiger partial charge in [-0.1, -0.05) is 15.9 Å². The van der Waals surface area contributed by atoms with Gasteiger partial charge in [-0.3, -0.25) is 4.79 Å². The number of nitrogens with zero attached hydrogens (tertiary/aromatic N) is 1. The molecule has 3 rings (SSSR count). The lowest BCUT2D eigenvalue weighted by molar-refractivity contribution is -0.119.